The number of pyridine rings is 1. The molecular weight excluding hydrogens is 474 g/mol. The van der Waals surface area contributed by atoms with E-state index in [1.54, 1.807) is 0 Å². The van der Waals surface area contributed by atoms with Crippen molar-refractivity contribution in [3.05, 3.63) is 76.1 Å². The molecule has 0 unspecified atom stereocenters. The van der Waals surface area contributed by atoms with E-state index < -0.39 is 5.97 Å². The first kappa shape index (κ1) is 23.2. The van der Waals surface area contributed by atoms with Gasteiger partial charge in [-0.15, -0.1) is 0 Å². The lowest BCUT2D eigenvalue weighted by Crippen LogP contribution is -2.34. The number of benzene rings is 2. The second-order valence-electron chi connectivity index (χ2n) is 11.5. The van der Waals surface area contributed by atoms with Crippen LogP contribution < -0.4 is 0 Å². The van der Waals surface area contributed by atoms with Gasteiger partial charge in [0.15, 0.2) is 0 Å². The third kappa shape index (κ3) is 3.65. The number of rotatable bonds is 6. The maximum absolute atomic E-state index is 13.2. The SMILES string of the molecule is Cc1cc(-c2cnc3[nH]cc(-c4cc(C)c(C(=O)O)c(C5CC5)c4)c3c2)cc2c1C(=O)N([C@@H](C)C1CC1)C2. The lowest BCUT2D eigenvalue weighted by molar-refractivity contribution is 0.0686. The Bertz CT molecular complexity index is 1660. The van der Waals surface area contributed by atoms with Crippen LogP contribution in [0.25, 0.3) is 33.3 Å². The highest BCUT2D eigenvalue weighted by Crippen LogP contribution is 2.45. The van der Waals surface area contributed by atoms with Gasteiger partial charge >= 0.3 is 5.97 Å². The molecule has 2 aromatic carbocycles. The second-order valence-corrected chi connectivity index (χ2v) is 11.5. The molecule has 1 aliphatic heterocycles. The van der Waals surface area contributed by atoms with Crippen LogP contribution in [0.15, 0.2) is 42.7 Å². The van der Waals surface area contributed by atoms with Crippen molar-refractivity contribution in [1.29, 1.82) is 0 Å². The number of hydrogen-bond acceptors (Lipinski definition) is 3. The summed E-state index contributed by atoms with van der Waals surface area (Å²) in [5.74, 6) is 0.282. The Balaban J connectivity index is 1.29. The zero-order valence-corrected chi connectivity index (χ0v) is 22.0. The van der Waals surface area contributed by atoms with Crippen molar-refractivity contribution in [2.24, 2.45) is 5.92 Å². The van der Waals surface area contributed by atoms with Crippen LogP contribution in [-0.4, -0.2) is 37.9 Å². The molecule has 2 fully saturated rings. The van der Waals surface area contributed by atoms with Crippen molar-refractivity contribution in [1.82, 2.24) is 14.9 Å². The van der Waals surface area contributed by atoms with Crippen LogP contribution in [0, 0.1) is 19.8 Å². The molecule has 6 heteroatoms. The number of nitrogens with one attached hydrogen (secondary N) is 1. The summed E-state index contributed by atoms with van der Waals surface area (Å²) < 4.78 is 0. The quantitative estimate of drug-likeness (QED) is 0.300. The molecule has 3 aliphatic rings. The van der Waals surface area contributed by atoms with Gasteiger partial charge in [-0.3, -0.25) is 4.79 Å². The number of carboxylic acid groups (broad SMARTS) is 1. The number of aromatic amines is 1. The van der Waals surface area contributed by atoms with Gasteiger partial charge in [-0.2, -0.15) is 0 Å². The molecule has 2 aromatic heterocycles. The first-order chi connectivity index (χ1) is 18.3. The minimum Gasteiger partial charge on any atom is -0.478 e. The molecular formula is C32H31N3O3. The summed E-state index contributed by atoms with van der Waals surface area (Å²) in [5, 5.41) is 10.8. The number of carboxylic acids is 1. The average molecular weight is 506 g/mol. The third-order valence-electron chi connectivity index (χ3n) is 8.80. The summed E-state index contributed by atoms with van der Waals surface area (Å²) >= 11 is 0. The normalized spacial score (nSPS) is 17.8. The van der Waals surface area contributed by atoms with Crippen molar-refractivity contribution in [3.8, 4) is 22.3 Å². The van der Waals surface area contributed by atoms with Crippen molar-refractivity contribution in [2.45, 2.75) is 65.0 Å². The van der Waals surface area contributed by atoms with Gasteiger partial charge in [0.25, 0.3) is 5.91 Å². The maximum Gasteiger partial charge on any atom is 0.336 e. The number of fused-ring (bicyclic) bond motifs is 2. The zero-order chi connectivity index (χ0) is 26.3. The van der Waals surface area contributed by atoms with Crippen LogP contribution in [-0.2, 0) is 6.54 Å². The number of aromatic nitrogens is 2. The van der Waals surface area contributed by atoms with Crippen molar-refractivity contribution < 1.29 is 14.7 Å². The van der Waals surface area contributed by atoms with Crippen molar-refractivity contribution in [3.63, 3.8) is 0 Å². The zero-order valence-electron chi connectivity index (χ0n) is 22.0. The molecule has 6 nitrogen and oxygen atoms in total. The molecule has 3 heterocycles. The van der Waals surface area contributed by atoms with Gasteiger partial charge in [-0.1, -0.05) is 12.1 Å². The van der Waals surface area contributed by atoms with Gasteiger partial charge < -0.3 is 15.0 Å². The monoisotopic (exact) mass is 505 g/mol. The molecule has 0 bridgehead atoms. The average Bonchev–Trinajstić information content (AvgIpc) is 3.82. The highest BCUT2D eigenvalue weighted by Gasteiger charge is 2.39. The Hall–Kier alpha value is -3.93. The number of H-pyrrole nitrogens is 1. The fourth-order valence-electron chi connectivity index (χ4n) is 6.40. The summed E-state index contributed by atoms with van der Waals surface area (Å²) in [4.78, 5) is 35.3. The maximum atomic E-state index is 13.2. The summed E-state index contributed by atoms with van der Waals surface area (Å²) in [6, 6.07) is 10.7. The summed E-state index contributed by atoms with van der Waals surface area (Å²) in [6.45, 7) is 6.78. The van der Waals surface area contributed by atoms with E-state index in [9.17, 15) is 14.7 Å². The second kappa shape index (κ2) is 8.29. The highest BCUT2D eigenvalue weighted by molar-refractivity contribution is 6.01. The molecule has 2 saturated carbocycles. The minimum absolute atomic E-state index is 0.164. The molecule has 7 rings (SSSR count). The highest BCUT2D eigenvalue weighted by atomic mass is 16.4. The van der Waals surface area contributed by atoms with Gasteiger partial charge in [0.05, 0.1) is 5.56 Å². The number of aromatic carboxylic acids is 1. The van der Waals surface area contributed by atoms with E-state index in [1.807, 2.05) is 37.2 Å². The Morgan fingerprint density at radius 1 is 1.03 bits per heavy atom. The molecule has 2 N–H and O–H groups in total. The van der Waals surface area contributed by atoms with Gasteiger partial charge in [-0.25, -0.2) is 9.78 Å². The summed E-state index contributed by atoms with van der Waals surface area (Å²) in [6.07, 6.45) is 8.38. The number of carbonyl (C=O) groups is 2. The number of amides is 1. The molecule has 0 radical (unpaired) electrons. The minimum atomic E-state index is -0.852. The number of hydrogen-bond donors (Lipinski definition) is 2. The van der Waals surface area contributed by atoms with E-state index in [1.165, 1.54) is 12.8 Å². The van der Waals surface area contributed by atoms with Gasteiger partial charge in [0, 0.05) is 47.1 Å². The van der Waals surface area contributed by atoms with Crippen molar-refractivity contribution >= 4 is 22.9 Å². The van der Waals surface area contributed by atoms with Crippen molar-refractivity contribution in [2.75, 3.05) is 0 Å². The van der Waals surface area contributed by atoms with Gasteiger partial charge in [0.2, 0.25) is 0 Å². The molecule has 38 heavy (non-hydrogen) atoms. The van der Waals surface area contributed by atoms with E-state index in [-0.39, 0.29) is 11.9 Å². The van der Waals surface area contributed by atoms with Crippen LogP contribution in [0.5, 0.6) is 0 Å². The first-order valence-corrected chi connectivity index (χ1v) is 13.6. The topological polar surface area (TPSA) is 86.3 Å². The Labute approximate surface area is 221 Å². The molecule has 1 atom stereocenters. The fourth-order valence-corrected chi connectivity index (χ4v) is 6.40. The lowest BCUT2D eigenvalue weighted by Gasteiger charge is -2.24. The molecule has 0 saturated heterocycles. The van der Waals surface area contributed by atoms with E-state index in [0.29, 0.717) is 23.9 Å². The standard InChI is InChI=1S/C32H31N3O3/c1-16-8-21(10-24-15-35(31(36)28(16)24)18(3)19-4-5-19)23-12-26-27(14-34-30(26)33-13-23)22-9-17(2)29(32(37)38)25(11-22)20-6-7-20/h8-14,18-20H,4-7,15H2,1-3H3,(H,33,34)(H,37,38)/t18-/m0/s1. The summed E-state index contributed by atoms with van der Waals surface area (Å²) in [7, 11) is 0. The molecule has 0 spiro atoms. The molecule has 1 amide bonds. The largest absolute Gasteiger partial charge is 0.478 e. The molecule has 4 aromatic rings. The van der Waals surface area contributed by atoms with Crippen LogP contribution in [0.4, 0.5) is 0 Å². The van der Waals surface area contributed by atoms with Crippen LogP contribution in [0.2, 0.25) is 0 Å². The Kier molecular flexibility index (Phi) is 5.06. The third-order valence-corrected chi connectivity index (χ3v) is 8.80. The Morgan fingerprint density at radius 3 is 2.50 bits per heavy atom. The fraction of sp³-hybridized carbons (Fsp3) is 0.344. The van der Waals surface area contributed by atoms with E-state index >= 15 is 0 Å². The van der Waals surface area contributed by atoms with E-state index in [2.05, 4.69) is 36.2 Å². The van der Waals surface area contributed by atoms with Gasteiger partial charge in [-0.05, 0) is 110 Å². The number of nitrogens with zero attached hydrogens (tertiary/aromatic N) is 2. The van der Waals surface area contributed by atoms with Crippen LogP contribution in [0.1, 0.15) is 81.5 Å². The molecule has 192 valence electrons. The van der Waals surface area contributed by atoms with E-state index in [0.717, 1.165) is 73.9 Å². The van der Waals surface area contributed by atoms with Gasteiger partial charge in [0.1, 0.15) is 5.65 Å². The predicted molar refractivity (Wildman–Crippen MR) is 147 cm³/mol. The Morgan fingerprint density at radius 2 is 1.79 bits per heavy atom. The van der Waals surface area contributed by atoms with E-state index in [4.69, 9.17) is 4.98 Å². The lowest BCUT2D eigenvalue weighted by atomic mass is 9.92. The summed E-state index contributed by atoms with van der Waals surface area (Å²) in [5.41, 5.74) is 10.1. The first-order valence-electron chi connectivity index (χ1n) is 13.6. The number of aryl methyl sites for hydroxylation is 2. The smallest absolute Gasteiger partial charge is 0.336 e. The predicted octanol–water partition coefficient (Wildman–Crippen LogP) is 6.84. The van der Waals surface area contributed by atoms with Crippen LogP contribution >= 0.6 is 0 Å². The van der Waals surface area contributed by atoms with Crippen LogP contribution in [0.3, 0.4) is 0 Å². The molecule has 2 aliphatic carbocycles. The number of carbonyl (C=O) groups excluding carboxylic acids is 1.